The molecule has 1 aliphatic heterocycles. The molecule has 14 nitrogen and oxygen atoms in total. The molecule has 60 heavy (non-hydrogen) atoms. The van der Waals surface area contributed by atoms with Gasteiger partial charge in [0.25, 0.3) is 0 Å². The van der Waals surface area contributed by atoms with Crippen molar-refractivity contribution in [1.29, 1.82) is 0 Å². The van der Waals surface area contributed by atoms with Gasteiger partial charge in [0, 0.05) is 31.1 Å². The van der Waals surface area contributed by atoms with E-state index in [4.69, 9.17) is 33.7 Å². The Kier molecular flexibility index (Phi) is 14.8. The van der Waals surface area contributed by atoms with E-state index in [1.54, 1.807) is 53.7 Å². The van der Waals surface area contributed by atoms with Crippen LogP contribution in [-0.4, -0.2) is 91.9 Å². The predicted octanol–water partition coefficient (Wildman–Crippen LogP) is 8.06. The van der Waals surface area contributed by atoms with Crippen molar-refractivity contribution < 1.29 is 48.3 Å². The van der Waals surface area contributed by atoms with Gasteiger partial charge in [0.2, 0.25) is 11.5 Å². The molecule has 0 bridgehead atoms. The number of hydrogen-bond donors (Lipinski definition) is 2. The Morgan fingerprint density at radius 1 is 0.917 bits per heavy atom. The Labute approximate surface area is 355 Å². The Hall–Kier alpha value is -4.53. The highest BCUT2D eigenvalue weighted by Gasteiger charge is 2.65. The van der Waals surface area contributed by atoms with Crippen molar-refractivity contribution >= 4 is 17.7 Å². The fraction of sp³-hybridized carbons (Fsp3) is 0.630. The van der Waals surface area contributed by atoms with Gasteiger partial charge in [-0.2, -0.15) is 0 Å². The summed E-state index contributed by atoms with van der Waals surface area (Å²) < 4.78 is 33.5. The van der Waals surface area contributed by atoms with Gasteiger partial charge in [0.15, 0.2) is 5.69 Å². The molecule has 330 valence electrons. The molecular formula is C46H66N4O10. The highest BCUT2D eigenvalue weighted by molar-refractivity contribution is 6.03. The molecule has 0 spiro atoms. The zero-order chi connectivity index (χ0) is 44.0. The zero-order valence-electron chi connectivity index (χ0n) is 37.0. The van der Waals surface area contributed by atoms with Crippen LogP contribution < -0.4 is 9.47 Å². The summed E-state index contributed by atoms with van der Waals surface area (Å²) in [7, 11) is 0. The number of ether oxygens (including phenoxy) is 5. The van der Waals surface area contributed by atoms with Gasteiger partial charge >= 0.3 is 11.9 Å². The first kappa shape index (κ1) is 46.5. The summed E-state index contributed by atoms with van der Waals surface area (Å²) in [6.45, 7) is 24.5. The number of oxime groups is 1. The van der Waals surface area contributed by atoms with E-state index in [0.717, 1.165) is 36.8 Å². The average molecular weight is 835 g/mol. The molecule has 0 unspecified atom stereocenters. The fourth-order valence-electron chi connectivity index (χ4n) is 8.51. The molecule has 5 rings (SSSR count). The second kappa shape index (κ2) is 19.0. The summed E-state index contributed by atoms with van der Waals surface area (Å²) in [6.07, 6.45) is 10.1. The van der Waals surface area contributed by atoms with E-state index in [1.807, 2.05) is 39.0 Å². The molecule has 6 atom stereocenters. The third-order valence-electron chi connectivity index (χ3n) is 10.6. The van der Waals surface area contributed by atoms with Gasteiger partial charge < -0.3 is 38.7 Å². The van der Waals surface area contributed by atoms with Crippen LogP contribution in [0.3, 0.4) is 0 Å². The van der Waals surface area contributed by atoms with E-state index in [9.17, 15) is 19.8 Å². The minimum Gasteiger partial charge on any atom is -0.490 e. The van der Waals surface area contributed by atoms with Gasteiger partial charge in [-0.15, -0.1) is 11.7 Å². The van der Waals surface area contributed by atoms with Crippen LogP contribution >= 0.6 is 0 Å². The number of carbonyl (C=O) groups excluding carboxylic acids is 2. The smallest absolute Gasteiger partial charge is 0.362 e. The normalized spacial score (nSPS) is 24.4. The summed E-state index contributed by atoms with van der Waals surface area (Å²) >= 11 is 0. The summed E-state index contributed by atoms with van der Waals surface area (Å²) in [4.78, 5) is 34.5. The maximum atomic E-state index is 14.4. The number of rotatable bonds is 18. The fourth-order valence-corrected chi connectivity index (χ4v) is 8.51. The Morgan fingerprint density at radius 3 is 2.18 bits per heavy atom. The first-order valence-electron chi connectivity index (χ1n) is 21.2. The third kappa shape index (κ3) is 10.7. The molecule has 0 radical (unpaired) electrons. The number of benzene rings is 1. The van der Waals surface area contributed by atoms with Crippen LogP contribution in [0.1, 0.15) is 146 Å². The number of carbonyl (C=O) groups is 2. The molecule has 0 saturated heterocycles. The van der Waals surface area contributed by atoms with Crippen LogP contribution in [-0.2, 0) is 19.0 Å². The summed E-state index contributed by atoms with van der Waals surface area (Å²) in [6, 6.07) is 4.75. The Morgan fingerprint density at radius 2 is 1.57 bits per heavy atom. The van der Waals surface area contributed by atoms with Crippen LogP contribution in [0.5, 0.6) is 11.5 Å². The van der Waals surface area contributed by atoms with Crippen molar-refractivity contribution in [1.82, 2.24) is 15.0 Å². The van der Waals surface area contributed by atoms with Crippen LogP contribution in [0.25, 0.3) is 0 Å². The second-order valence-corrected chi connectivity index (χ2v) is 18.8. The Balaban J connectivity index is 1.88. The molecule has 14 heteroatoms. The predicted molar refractivity (Wildman–Crippen MR) is 227 cm³/mol. The summed E-state index contributed by atoms with van der Waals surface area (Å²) in [5.74, 6) is -2.92. The number of fused-ring (bicyclic) bond motifs is 2. The molecule has 2 aliphatic carbocycles. The third-order valence-corrected chi connectivity index (χ3v) is 10.6. The Bertz CT molecular complexity index is 1920. The topological polar surface area (TPSA) is 173 Å². The number of allylic oxidation sites excluding steroid dienone is 1. The van der Waals surface area contributed by atoms with E-state index in [0.29, 0.717) is 36.7 Å². The van der Waals surface area contributed by atoms with E-state index < -0.39 is 46.5 Å². The monoisotopic (exact) mass is 834 g/mol. The molecule has 1 saturated carbocycles. The van der Waals surface area contributed by atoms with Crippen molar-refractivity contribution in [2.45, 2.75) is 142 Å². The van der Waals surface area contributed by atoms with Crippen LogP contribution in [0, 0.1) is 17.8 Å². The SMILES string of the molecule is C=CCOc1ccc2c(c1)[C@H]1[C@H](CCCCO)[C@@H](CCCCO)C=C3C(=NOC(C)(C)C)C[C@H](n4nnc(C(=O)OC(C)(C)C)c4C(=O)OC(C)(C)C)[C@@](OCC=C)(O2)[C@H]31. The molecule has 2 N–H and O–H groups in total. The average Bonchev–Trinajstić information content (AvgIpc) is 3.60. The maximum absolute atomic E-state index is 14.4. The van der Waals surface area contributed by atoms with Crippen molar-refractivity contribution in [3.63, 3.8) is 0 Å². The van der Waals surface area contributed by atoms with Crippen LogP contribution in [0.4, 0.5) is 0 Å². The highest BCUT2D eigenvalue weighted by atomic mass is 16.7. The van der Waals surface area contributed by atoms with Gasteiger partial charge in [-0.05, 0) is 124 Å². The number of aliphatic hydroxyl groups excluding tert-OH is 2. The van der Waals surface area contributed by atoms with Crippen molar-refractivity contribution in [3.8, 4) is 11.5 Å². The minimum absolute atomic E-state index is 0.00469. The van der Waals surface area contributed by atoms with E-state index in [-0.39, 0.29) is 55.4 Å². The number of unbranched alkanes of at least 4 members (excludes halogenated alkanes) is 2. The minimum atomic E-state index is -1.59. The molecule has 1 aromatic carbocycles. The number of aliphatic hydroxyl groups is 2. The van der Waals surface area contributed by atoms with Gasteiger partial charge in [-0.3, -0.25) is 0 Å². The van der Waals surface area contributed by atoms with Crippen LogP contribution in [0.15, 0.2) is 60.3 Å². The number of hydrogen-bond acceptors (Lipinski definition) is 13. The lowest BCUT2D eigenvalue weighted by molar-refractivity contribution is -0.252. The van der Waals surface area contributed by atoms with Crippen molar-refractivity contribution in [2.75, 3.05) is 26.4 Å². The lowest BCUT2D eigenvalue weighted by atomic mass is 9.55. The lowest BCUT2D eigenvalue weighted by Crippen LogP contribution is -2.63. The second-order valence-electron chi connectivity index (χ2n) is 18.8. The van der Waals surface area contributed by atoms with Crippen LogP contribution in [0.2, 0.25) is 0 Å². The van der Waals surface area contributed by atoms with Crippen molar-refractivity contribution in [2.24, 2.45) is 22.9 Å². The lowest BCUT2D eigenvalue weighted by Gasteiger charge is -2.58. The van der Waals surface area contributed by atoms with Gasteiger partial charge in [0.05, 0.1) is 18.2 Å². The molecule has 1 fully saturated rings. The van der Waals surface area contributed by atoms with Crippen molar-refractivity contribution in [3.05, 3.63) is 72.1 Å². The largest absolute Gasteiger partial charge is 0.490 e. The van der Waals surface area contributed by atoms with Gasteiger partial charge in [0.1, 0.15) is 41.0 Å². The number of nitrogens with zero attached hydrogens (tertiary/aromatic N) is 4. The van der Waals surface area contributed by atoms with E-state index >= 15 is 0 Å². The van der Waals surface area contributed by atoms with Gasteiger partial charge in [-0.1, -0.05) is 48.0 Å². The molecule has 3 aliphatic rings. The summed E-state index contributed by atoms with van der Waals surface area (Å²) in [5, 5.41) is 33.5. The van der Waals surface area contributed by atoms with E-state index in [2.05, 4.69) is 29.5 Å². The molecule has 2 heterocycles. The van der Waals surface area contributed by atoms with E-state index in [1.165, 1.54) is 4.68 Å². The number of esters is 2. The first-order valence-corrected chi connectivity index (χ1v) is 21.2. The maximum Gasteiger partial charge on any atom is 0.362 e. The quantitative estimate of drug-likeness (QED) is 0.0641. The summed E-state index contributed by atoms with van der Waals surface area (Å²) in [5.41, 5.74) is -0.677. The molecule has 2 aromatic rings. The molecular weight excluding hydrogens is 769 g/mol. The number of aromatic nitrogens is 3. The zero-order valence-corrected chi connectivity index (χ0v) is 37.0. The highest BCUT2D eigenvalue weighted by Crippen LogP contribution is 2.63. The first-order chi connectivity index (χ1) is 28.3. The molecule has 0 amide bonds. The van der Waals surface area contributed by atoms with Gasteiger partial charge in [-0.25, -0.2) is 14.3 Å². The molecule has 1 aromatic heterocycles. The standard InChI is InChI=1S/C46H66N4O10/c1-12-24-55-30-20-21-35-33(27-30)37-31(19-15-17-23-52)29(18-14-16-22-51)26-32-34(48-60-45(9,10)11)28-36(46(57-35,38(32)37)56-25-13-2)50-40(42(54)59-44(6,7)8)39(47-49-50)41(53)58-43(3,4)5/h12-13,20-21,26-27,29,31,36-38,51-52H,1-2,14-19,22-25,28H2,3-11H3/t29-,31+,36-,37+,38+,46+/m0/s1.